The fourth-order valence-corrected chi connectivity index (χ4v) is 5.71. The normalized spacial score (nSPS) is 15.2. The number of piperazine rings is 1. The molecule has 2 aliphatic rings. The Hall–Kier alpha value is -4.00. The van der Waals surface area contributed by atoms with Crippen LogP contribution in [0.3, 0.4) is 0 Å². The molecule has 5 rings (SSSR count). The number of nitrogen functional groups attached to an aromatic ring is 1. The Kier molecular flexibility index (Phi) is 6.78. The minimum absolute atomic E-state index is 0.0563. The molecule has 190 valence electrons. The van der Waals surface area contributed by atoms with E-state index in [2.05, 4.69) is 51.3 Å². The smallest absolute Gasteiger partial charge is 0.409 e. The molecule has 8 heteroatoms. The Balaban J connectivity index is 1.21. The van der Waals surface area contributed by atoms with Gasteiger partial charge in [0.25, 0.3) is 0 Å². The maximum atomic E-state index is 13.0. The van der Waals surface area contributed by atoms with Gasteiger partial charge >= 0.3 is 6.09 Å². The summed E-state index contributed by atoms with van der Waals surface area (Å²) in [6.45, 7) is 9.55. The van der Waals surface area contributed by atoms with E-state index in [4.69, 9.17) is 16.0 Å². The molecule has 1 heterocycles. The van der Waals surface area contributed by atoms with Crippen molar-refractivity contribution in [3.63, 3.8) is 0 Å². The van der Waals surface area contributed by atoms with Gasteiger partial charge in [0.1, 0.15) is 6.61 Å². The predicted molar refractivity (Wildman–Crippen MR) is 146 cm³/mol. The maximum Gasteiger partial charge on any atom is 0.409 e. The lowest BCUT2D eigenvalue weighted by Gasteiger charge is -2.35. The zero-order valence-electron chi connectivity index (χ0n) is 21.6. The van der Waals surface area contributed by atoms with Crippen LogP contribution in [0.4, 0.5) is 16.2 Å². The van der Waals surface area contributed by atoms with E-state index in [-0.39, 0.29) is 12.0 Å². The fourth-order valence-electron chi connectivity index (χ4n) is 5.71. The van der Waals surface area contributed by atoms with Gasteiger partial charge in [-0.05, 0) is 70.8 Å². The van der Waals surface area contributed by atoms with Crippen LogP contribution in [0.1, 0.15) is 39.3 Å². The topological polar surface area (TPSA) is 108 Å². The van der Waals surface area contributed by atoms with E-state index in [1.165, 1.54) is 22.3 Å². The van der Waals surface area contributed by atoms with Gasteiger partial charge in [-0.25, -0.2) is 4.79 Å². The number of hydrogen-bond acceptors (Lipinski definition) is 5. The molecule has 0 spiro atoms. The molecule has 0 radical (unpaired) electrons. The highest BCUT2D eigenvalue weighted by Gasteiger charge is 2.30. The molecule has 0 bridgehead atoms. The van der Waals surface area contributed by atoms with Crippen LogP contribution in [0.2, 0.25) is 0 Å². The van der Waals surface area contributed by atoms with E-state index in [0.717, 1.165) is 35.3 Å². The number of amides is 1. The van der Waals surface area contributed by atoms with Gasteiger partial charge in [0.05, 0.1) is 0 Å². The largest absolute Gasteiger partial charge is 0.448 e. The molecule has 1 fully saturated rings. The number of fused-ring (bicyclic) bond motifs is 3. The Morgan fingerprint density at radius 1 is 0.973 bits per heavy atom. The molecule has 0 saturated carbocycles. The van der Waals surface area contributed by atoms with Crippen molar-refractivity contribution >= 4 is 17.5 Å². The molecule has 1 aliphatic carbocycles. The zero-order valence-corrected chi connectivity index (χ0v) is 21.6. The van der Waals surface area contributed by atoms with E-state index >= 15 is 0 Å². The number of hydrogen-bond donors (Lipinski definition) is 1. The number of nitrogens with two attached hydrogens (primary N) is 1. The highest BCUT2D eigenvalue weighted by atomic mass is 16.6. The van der Waals surface area contributed by atoms with Crippen molar-refractivity contribution < 1.29 is 9.53 Å². The summed E-state index contributed by atoms with van der Waals surface area (Å²) in [4.78, 5) is 20.0. The molecule has 8 nitrogen and oxygen atoms in total. The molecular formula is C29H32N6O2. The molecule has 0 atom stereocenters. The number of anilines is 1. The van der Waals surface area contributed by atoms with Gasteiger partial charge < -0.3 is 15.4 Å². The molecule has 2 N–H and O–H groups in total. The van der Waals surface area contributed by atoms with Crippen LogP contribution in [0, 0.1) is 20.8 Å². The first-order valence-electron chi connectivity index (χ1n) is 12.7. The van der Waals surface area contributed by atoms with E-state index in [0.29, 0.717) is 37.6 Å². The standard InChI is InChI=1S/C29H32N6O2/c1-18-25(19(2)28(32-33-31)20(3)27(18)30)16-34-12-14-35(15-13-34)29(36)37-17-26-23-10-6-4-8-21(23)22-9-5-7-11-24(22)26/h4-11,26H,12-17,30H2,1-3H3. The Bertz CT molecular complexity index is 1360. The molecular weight excluding hydrogens is 464 g/mol. The molecule has 0 unspecified atom stereocenters. The van der Waals surface area contributed by atoms with Crippen LogP contribution in [-0.4, -0.2) is 48.7 Å². The second-order valence-electron chi connectivity index (χ2n) is 9.87. The first kappa shape index (κ1) is 24.7. The third-order valence-corrected chi connectivity index (χ3v) is 7.92. The molecule has 1 aliphatic heterocycles. The number of carbonyl (C=O) groups is 1. The van der Waals surface area contributed by atoms with Gasteiger partial charge in [-0.15, -0.1) is 0 Å². The highest BCUT2D eigenvalue weighted by molar-refractivity contribution is 5.79. The first-order chi connectivity index (χ1) is 17.9. The number of azide groups is 1. The summed E-state index contributed by atoms with van der Waals surface area (Å²) in [5, 5.41) is 3.89. The number of nitrogens with zero attached hydrogens (tertiary/aromatic N) is 5. The van der Waals surface area contributed by atoms with Gasteiger partial charge in [-0.1, -0.05) is 53.6 Å². The lowest BCUT2D eigenvalue weighted by molar-refractivity contribution is 0.0728. The number of benzene rings is 3. The van der Waals surface area contributed by atoms with Gasteiger partial charge in [0.15, 0.2) is 0 Å². The molecule has 1 amide bonds. The molecule has 37 heavy (non-hydrogen) atoms. The van der Waals surface area contributed by atoms with Gasteiger partial charge in [0.2, 0.25) is 0 Å². The van der Waals surface area contributed by atoms with E-state index in [1.54, 1.807) is 4.90 Å². The highest BCUT2D eigenvalue weighted by Crippen LogP contribution is 2.44. The average molecular weight is 497 g/mol. The number of ether oxygens (including phenoxy) is 1. The van der Waals surface area contributed by atoms with Gasteiger partial charge in [-0.3, -0.25) is 4.90 Å². The van der Waals surface area contributed by atoms with Crippen LogP contribution in [0.5, 0.6) is 0 Å². The molecule has 3 aromatic carbocycles. The van der Waals surface area contributed by atoms with Crippen molar-refractivity contribution in [3.05, 3.63) is 92.4 Å². The Morgan fingerprint density at radius 3 is 2.16 bits per heavy atom. The quantitative estimate of drug-likeness (QED) is 0.196. The van der Waals surface area contributed by atoms with Crippen molar-refractivity contribution in [2.24, 2.45) is 5.11 Å². The Labute approximate surface area is 217 Å². The first-order valence-corrected chi connectivity index (χ1v) is 12.7. The monoisotopic (exact) mass is 496 g/mol. The van der Waals surface area contributed by atoms with Crippen molar-refractivity contribution in [1.82, 2.24) is 9.80 Å². The third-order valence-electron chi connectivity index (χ3n) is 7.92. The van der Waals surface area contributed by atoms with E-state index in [9.17, 15) is 4.79 Å². The summed E-state index contributed by atoms with van der Waals surface area (Å²) in [7, 11) is 0. The second-order valence-corrected chi connectivity index (χ2v) is 9.87. The lowest BCUT2D eigenvalue weighted by Crippen LogP contribution is -2.48. The van der Waals surface area contributed by atoms with Crippen LogP contribution in [0.15, 0.2) is 53.6 Å². The lowest BCUT2D eigenvalue weighted by atomic mass is 9.94. The fraction of sp³-hybridized carbons (Fsp3) is 0.345. The van der Waals surface area contributed by atoms with E-state index < -0.39 is 0 Å². The molecule has 1 saturated heterocycles. The van der Waals surface area contributed by atoms with Crippen LogP contribution >= 0.6 is 0 Å². The SMILES string of the molecule is Cc1c(N)c(C)c(N=[N+]=[N-])c(C)c1CN1CCN(C(=O)OCC2c3ccccc3-c3ccccc32)CC1. The summed E-state index contributed by atoms with van der Waals surface area (Å²) < 4.78 is 5.85. The van der Waals surface area contributed by atoms with Crippen LogP contribution in [0.25, 0.3) is 21.6 Å². The van der Waals surface area contributed by atoms with Crippen LogP contribution < -0.4 is 5.73 Å². The van der Waals surface area contributed by atoms with E-state index in [1.807, 2.05) is 32.9 Å². The van der Waals surface area contributed by atoms with Gasteiger partial charge in [-0.2, -0.15) is 0 Å². The summed E-state index contributed by atoms with van der Waals surface area (Å²) in [6.07, 6.45) is -0.265. The minimum atomic E-state index is -0.265. The zero-order chi connectivity index (χ0) is 26.1. The maximum absolute atomic E-state index is 13.0. The summed E-state index contributed by atoms with van der Waals surface area (Å²) in [5.74, 6) is 0.0563. The van der Waals surface area contributed by atoms with Crippen molar-refractivity contribution in [2.45, 2.75) is 33.2 Å². The molecule has 3 aromatic rings. The average Bonchev–Trinajstić information content (AvgIpc) is 3.25. The molecule has 0 aromatic heterocycles. The second kappa shape index (κ2) is 10.2. The summed E-state index contributed by atoms with van der Waals surface area (Å²) in [6, 6.07) is 16.7. The summed E-state index contributed by atoms with van der Waals surface area (Å²) >= 11 is 0. The Morgan fingerprint density at radius 2 is 1.57 bits per heavy atom. The third kappa shape index (κ3) is 4.50. The summed E-state index contributed by atoms with van der Waals surface area (Å²) in [5.41, 5.74) is 25.3. The van der Waals surface area contributed by atoms with Gasteiger partial charge in [0, 0.05) is 54.9 Å². The van der Waals surface area contributed by atoms with Crippen molar-refractivity contribution in [3.8, 4) is 11.1 Å². The van der Waals surface area contributed by atoms with Crippen molar-refractivity contribution in [2.75, 3.05) is 38.5 Å². The number of carbonyl (C=O) groups excluding carboxylic acids is 1. The van der Waals surface area contributed by atoms with Crippen molar-refractivity contribution in [1.29, 1.82) is 0 Å². The minimum Gasteiger partial charge on any atom is -0.448 e. The number of rotatable bonds is 5. The predicted octanol–water partition coefficient (Wildman–Crippen LogP) is 6.20. The van der Waals surface area contributed by atoms with Crippen LogP contribution in [-0.2, 0) is 11.3 Å².